The van der Waals surface area contributed by atoms with E-state index in [1.807, 2.05) is 12.1 Å². The number of aromatic nitrogens is 3. The van der Waals surface area contributed by atoms with Crippen molar-refractivity contribution in [3.8, 4) is 11.4 Å². The predicted molar refractivity (Wildman–Crippen MR) is 114 cm³/mol. The highest BCUT2D eigenvalue weighted by atomic mass is 15.2. The highest BCUT2D eigenvalue weighted by Crippen LogP contribution is 2.16. The number of H-pyrrole nitrogens is 1. The Morgan fingerprint density at radius 1 is 1.32 bits per heavy atom. The molecule has 1 aromatic heterocycles. The van der Waals surface area contributed by atoms with Crippen LogP contribution in [0.1, 0.15) is 39.2 Å². The van der Waals surface area contributed by atoms with Gasteiger partial charge in [-0.3, -0.25) is 5.10 Å². The summed E-state index contributed by atoms with van der Waals surface area (Å²) in [7, 11) is 0. The molecule has 0 bridgehead atoms. The number of aliphatic imine (C=N–C) groups is 1. The zero-order chi connectivity index (χ0) is 19.8. The number of nitrogens with one attached hydrogen (secondary N) is 3. The molecule has 152 valence electrons. The third-order valence-electron chi connectivity index (χ3n) is 4.93. The van der Waals surface area contributed by atoms with Crippen molar-refractivity contribution >= 4 is 5.96 Å². The lowest BCUT2D eigenvalue weighted by molar-refractivity contribution is 0.187. The van der Waals surface area contributed by atoms with E-state index in [2.05, 4.69) is 63.6 Å². The van der Waals surface area contributed by atoms with Gasteiger partial charge in [0.2, 0.25) is 0 Å². The molecule has 0 atom stereocenters. The molecule has 0 aliphatic carbocycles. The molecule has 1 aromatic carbocycles. The molecule has 0 unspecified atom stereocenters. The Labute approximate surface area is 168 Å². The van der Waals surface area contributed by atoms with E-state index < -0.39 is 0 Å². The first-order valence-electron chi connectivity index (χ1n) is 10.4. The first-order valence-corrected chi connectivity index (χ1v) is 10.4. The highest BCUT2D eigenvalue weighted by Gasteiger charge is 2.20. The third-order valence-corrected chi connectivity index (χ3v) is 4.93. The maximum Gasteiger partial charge on any atom is 0.191 e. The number of benzene rings is 1. The monoisotopic (exact) mass is 383 g/mol. The van der Waals surface area contributed by atoms with E-state index >= 15 is 0 Å². The van der Waals surface area contributed by atoms with Crippen molar-refractivity contribution in [2.75, 3.05) is 26.2 Å². The summed E-state index contributed by atoms with van der Waals surface area (Å²) in [5.74, 6) is 2.41. The van der Waals surface area contributed by atoms with Gasteiger partial charge in [0.05, 0.1) is 6.54 Å². The lowest BCUT2D eigenvalue weighted by Crippen LogP contribution is -2.49. The topological polar surface area (TPSA) is 81.2 Å². The fourth-order valence-corrected chi connectivity index (χ4v) is 3.62. The van der Waals surface area contributed by atoms with Crippen LogP contribution >= 0.6 is 0 Å². The van der Waals surface area contributed by atoms with Crippen molar-refractivity contribution in [1.82, 2.24) is 30.7 Å². The predicted octanol–water partition coefficient (Wildman–Crippen LogP) is 2.65. The van der Waals surface area contributed by atoms with Gasteiger partial charge in [-0.25, -0.2) is 9.98 Å². The van der Waals surface area contributed by atoms with Crippen molar-refractivity contribution in [3.63, 3.8) is 0 Å². The Bertz CT molecular complexity index is 731. The molecule has 2 heterocycles. The molecule has 28 heavy (non-hydrogen) atoms. The van der Waals surface area contributed by atoms with Gasteiger partial charge in [0, 0.05) is 37.8 Å². The van der Waals surface area contributed by atoms with Gasteiger partial charge in [-0.05, 0) is 37.3 Å². The lowest BCUT2D eigenvalue weighted by atomic mass is 10.0. The Morgan fingerprint density at radius 2 is 2.14 bits per heavy atom. The minimum Gasteiger partial charge on any atom is -0.357 e. The number of aromatic amines is 1. The van der Waals surface area contributed by atoms with Crippen molar-refractivity contribution in [1.29, 1.82) is 0 Å². The van der Waals surface area contributed by atoms with Crippen molar-refractivity contribution in [2.24, 2.45) is 10.9 Å². The Kier molecular flexibility index (Phi) is 7.42. The largest absolute Gasteiger partial charge is 0.357 e. The van der Waals surface area contributed by atoms with E-state index in [-0.39, 0.29) is 0 Å². The van der Waals surface area contributed by atoms with Crippen LogP contribution in [0, 0.1) is 5.92 Å². The SMILES string of the molecule is CCNC(=NCc1cccc(-c2ncn[nH]2)c1)NC1CCN(CC(C)C)CC1. The number of guanidine groups is 1. The molecule has 0 saturated carbocycles. The van der Waals surface area contributed by atoms with Crippen molar-refractivity contribution in [2.45, 2.75) is 46.2 Å². The molecular formula is C21H33N7. The molecule has 1 aliphatic heterocycles. The molecule has 3 N–H and O–H groups in total. The fourth-order valence-electron chi connectivity index (χ4n) is 3.62. The first kappa shape index (κ1) is 20.3. The van der Waals surface area contributed by atoms with Gasteiger partial charge in [0.1, 0.15) is 6.33 Å². The average molecular weight is 384 g/mol. The Morgan fingerprint density at radius 3 is 2.82 bits per heavy atom. The number of likely N-dealkylation sites (tertiary alicyclic amines) is 1. The van der Waals surface area contributed by atoms with Gasteiger partial charge in [-0.15, -0.1) is 0 Å². The number of rotatable bonds is 7. The van der Waals surface area contributed by atoms with Crippen LogP contribution in [-0.4, -0.2) is 58.3 Å². The summed E-state index contributed by atoms with van der Waals surface area (Å²) >= 11 is 0. The standard InChI is InChI=1S/C21H33N7/c1-4-22-21(26-19-8-10-28(11-9-19)14-16(2)3)23-13-17-6-5-7-18(12-17)20-24-15-25-27-20/h5-7,12,15-16,19H,4,8-11,13-14H2,1-3H3,(H2,22,23,26)(H,24,25,27). The number of hydrogen-bond donors (Lipinski definition) is 3. The molecule has 2 aromatic rings. The molecule has 7 nitrogen and oxygen atoms in total. The van der Waals surface area contributed by atoms with Crippen LogP contribution in [-0.2, 0) is 6.54 Å². The lowest BCUT2D eigenvalue weighted by Gasteiger charge is -2.34. The van der Waals surface area contributed by atoms with Crippen LogP contribution in [0.25, 0.3) is 11.4 Å². The van der Waals surface area contributed by atoms with Crippen LogP contribution in [0.2, 0.25) is 0 Å². The van der Waals surface area contributed by atoms with E-state index in [1.165, 1.54) is 12.9 Å². The fraction of sp³-hybridized carbons (Fsp3) is 0.571. The molecule has 0 spiro atoms. The first-order chi connectivity index (χ1) is 13.6. The van der Waals surface area contributed by atoms with Crippen LogP contribution in [0.5, 0.6) is 0 Å². The summed E-state index contributed by atoms with van der Waals surface area (Å²) in [4.78, 5) is 11.6. The van der Waals surface area contributed by atoms with Crippen LogP contribution < -0.4 is 10.6 Å². The van der Waals surface area contributed by atoms with E-state index in [9.17, 15) is 0 Å². The maximum absolute atomic E-state index is 4.80. The normalized spacial score (nSPS) is 16.5. The van der Waals surface area contributed by atoms with Gasteiger partial charge in [0.25, 0.3) is 0 Å². The highest BCUT2D eigenvalue weighted by molar-refractivity contribution is 5.80. The summed E-state index contributed by atoms with van der Waals surface area (Å²) in [5.41, 5.74) is 2.18. The van der Waals surface area contributed by atoms with Gasteiger partial charge in [-0.2, -0.15) is 5.10 Å². The molecule has 0 radical (unpaired) electrons. The van der Waals surface area contributed by atoms with Gasteiger partial charge in [-0.1, -0.05) is 32.0 Å². The van der Waals surface area contributed by atoms with Crippen molar-refractivity contribution < 1.29 is 0 Å². The van der Waals surface area contributed by atoms with E-state index in [1.54, 1.807) is 0 Å². The van der Waals surface area contributed by atoms with Gasteiger partial charge in [0.15, 0.2) is 11.8 Å². The summed E-state index contributed by atoms with van der Waals surface area (Å²) in [6, 6.07) is 8.76. The van der Waals surface area contributed by atoms with Crippen LogP contribution in [0.4, 0.5) is 0 Å². The quantitative estimate of drug-likeness (QED) is 0.506. The van der Waals surface area contributed by atoms with Crippen molar-refractivity contribution in [3.05, 3.63) is 36.2 Å². The van der Waals surface area contributed by atoms with Crippen LogP contribution in [0.15, 0.2) is 35.6 Å². The molecule has 1 saturated heterocycles. The molecule has 1 fully saturated rings. The molecule has 7 heteroatoms. The Balaban J connectivity index is 1.57. The zero-order valence-corrected chi connectivity index (χ0v) is 17.3. The summed E-state index contributed by atoms with van der Waals surface area (Å²) in [6.07, 6.45) is 3.86. The minimum absolute atomic E-state index is 0.488. The summed E-state index contributed by atoms with van der Waals surface area (Å²) in [6.45, 7) is 11.7. The van der Waals surface area contributed by atoms with E-state index in [4.69, 9.17) is 4.99 Å². The smallest absolute Gasteiger partial charge is 0.191 e. The molecule has 0 amide bonds. The second kappa shape index (κ2) is 10.2. The minimum atomic E-state index is 0.488. The molecule has 3 rings (SSSR count). The summed E-state index contributed by atoms with van der Waals surface area (Å²) < 4.78 is 0. The maximum atomic E-state index is 4.80. The number of piperidine rings is 1. The van der Waals surface area contributed by atoms with Gasteiger partial charge < -0.3 is 15.5 Å². The Hall–Kier alpha value is -2.41. The van der Waals surface area contributed by atoms with E-state index in [0.717, 1.165) is 61.3 Å². The third kappa shape index (κ3) is 6.05. The number of hydrogen-bond acceptors (Lipinski definition) is 4. The summed E-state index contributed by atoms with van der Waals surface area (Å²) in [5, 5.41) is 13.8. The van der Waals surface area contributed by atoms with Crippen LogP contribution in [0.3, 0.4) is 0 Å². The molecule has 1 aliphatic rings. The molecular weight excluding hydrogens is 350 g/mol. The second-order valence-electron chi connectivity index (χ2n) is 7.84. The zero-order valence-electron chi connectivity index (χ0n) is 17.3. The number of nitrogens with zero attached hydrogens (tertiary/aromatic N) is 4. The average Bonchev–Trinajstić information content (AvgIpc) is 3.22. The van der Waals surface area contributed by atoms with E-state index in [0.29, 0.717) is 12.6 Å². The van der Waals surface area contributed by atoms with Gasteiger partial charge >= 0.3 is 0 Å². The second-order valence-corrected chi connectivity index (χ2v) is 7.84.